The molecule has 8 rings (SSSR count). The highest BCUT2D eigenvalue weighted by atomic mass is 32.1. The monoisotopic (exact) mass is 462 g/mol. The molecule has 164 valence electrons. The van der Waals surface area contributed by atoms with Gasteiger partial charge in [-0.05, 0) is 96.9 Å². The maximum Gasteiger partial charge on any atom is 0.0358 e. The van der Waals surface area contributed by atoms with Crippen molar-refractivity contribution in [1.29, 1.82) is 0 Å². The van der Waals surface area contributed by atoms with E-state index < -0.39 is 0 Å². The Bertz CT molecular complexity index is 1970. The largest absolute Gasteiger partial charge is 0.140 e. The van der Waals surface area contributed by atoms with Crippen LogP contribution in [0, 0.1) is 0 Å². The minimum atomic E-state index is 1.09. The smallest absolute Gasteiger partial charge is 0.0358 e. The Morgan fingerprint density at radius 2 is 1.09 bits per heavy atom. The van der Waals surface area contributed by atoms with Gasteiger partial charge in [-0.3, -0.25) is 0 Å². The first-order valence-corrected chi connectivity index (χ1v) is 13.1. The summed E-state index contributed by atoms with van der Waals surface area (Å²) in [7, 11) is 0. The number of rotatable bonds is 1. The van der Waals surface area contributed by atoms with Crippen molar-refractivity contribution in [3.8, 4) is 0 Å². The van der Waals surface area contributed by atoms with Crippen LogP contribution in [0.3, 0.4) is 0 Å². The first-order valence-electron chi connectivity index (χ1n) is 12.3. The van der Waals surface area contributed by atoms with Crippen molar-refractivity contribution < 1.29 is 0 Å². The number of fused-ring (bicyclic) bond motifs is 10. The van der Waals surface area contributed by atoms with Gasteiger partial charge in [-0.1, -0.05) is 84.9 Å². The average Bonchev–Trinajstić information content (AvgIpc) is 3.28. The van der Waals surface area contributed by atoms with Crippen molar-refractivity contribution in [3.63, 3.8) is 0 Å². The zero-order chi connectivity index (χ0) is 22.9. The lowest BCUT2D eigenvalue weighted by Gasteiger charge is -2.16. The molecule has 0 amide bonds. The summed E-state index contributed by atoms with van der Waals surface area (Å²) in [5.41, 5.74) is 4.23. The number of allylic oxidation sites excluding steroid dienone is 1. The lowest BCUT2D eigenvalue weighted by Crippen LogP contribution is -1.96. The molecule has 0 radical (unpaired) electrons. The molecule has 0 atom stereocenters. The summed E-state index contributed by atoms with van der Waals surface area (Å²) >= 11 is 1.97. The van der Waals surface area contributed by atoms with E-state index in [-0.39, 0.29) is 0 Å². The second kappa shape index (κ2) is 7.28. The van der Waals surface area contributed by atoms with Crippen molar-refractivity contribution in [2.75, 3.05) is 0 Å². The lowest BCUT2D eigenvalue weighted by atomic mass is 9.88. The molecule has 1 heteroatoms. The zero-order valence-corrected chi connectivity index (χ0v) is 20.0. The molecular formula is C34H22S. The lowest BCUT2D eigenvalue weighted by molar-refractivity contribution is 1.03. The average molecular weight is 463 g/mol. The third-order valence-electron chi connectivity index (χ3n) is 7.73. The van der Waals surface area contributed by atoms with E-state index in [1.54, 1.807) is 0 Å². The van der Waals surface area contributed by atoms with Gasteiger partial charge >= 0.3 is 0 Å². The fourth-order valence-corrected chi connectivity index (χ4v) is 7.24. The highest BCUT2D eigenvalue weighted by molar-refractivity contribution is 7.19. The molecule has 1 aromatic heterocycles. The Morgan fingerprint density at radius 3 is 1.80 bits per heavy atom. The third kappa shape index (κ3) is 2.85. The summed E-state index contributed by atoms with van der Waals surface area (Å²) in [5, 5.41) is 12.1. The van der Waals surface area contributed by atoms with Crippen LogP contribution < -0.4 is 0 Å². The normalized spacial score (nSPS) is 13.7. The van der Waals surface area contributed by atoms with Crippen LogP contribution in [0.25, 0.3) is 64.8 Å². The van der Waals surface area contributed by atoms with E-state index in [1.807, 2.05) is 11.3 Å². The summed E-state index contributed by atoms with van der Waals surface area (Å²) in [4.78, 5) is 1.52. The molecule has 1 aliphatic rings. The Balaban J connectivity index is 1.36. The minimum Gasteiger partial charge on any atom is -0.140 e. The van der Waals surface area contributed by atoms with Crippen molar-refractivity contribution in [2.24, 2.45) is 0 Å². The number of aryl methyl sites for hydroxylation is 1. The molecule has 0 aliphatic heterocycles. The van der Waals surface area contributed by atoms with E-state index in [0.717, 1.165) is 12.8 Å². The minimum absolute atomic E-state index is 1.09. The molecule has 0 unspecified atom stereocenters. The van der Waals surface area contributed by atoms with Crippen molar-refractivity contribution in [3.05, 3.63) is 119 Å². The summed E-state index contributed by atoms with van der Waals surface area (Å²) < 4.78 is 1.40. The number of benzene rings is 6. The van der Waals surface area contributed by atoms with Gasteiger partial charge in [0.25, 0.3) is 0 Å². The SMILES string of the molecule is C1=C(c2ccc3c4ccccc4c4ccccc4c3c2)CCc2sc3cc4ccccc4cc3c21. The maximum atomic E-state index is 2.47. The molecule has 1 aliphatic carbocycles. The first-order chi connectivity index (χ1) is 17.3. The van der Waals surface area contributed by atoms with E-state index >= 15 is 0 Å². The van der Waals surface area contributed by atoms with Crippen LogP contribution in [0.4, 0.5) is 0 Å². The predicted molar refractivity (Wildman–Crippen MR) is 154 cm³/mol. The Labute approximate surface area is 207 Å². The van der Waals surface area contributed by atoms with E-state index in [2.05, 4.69) is 109 Å². The highest BCUT2D eigenvalue weighted by Gasteiger charge is 2.18. The third-order valence-corrected chi connectivity index (χ3v) is 8.95. The summed E-state index contributed by atoms with van der Waals surface area (Å²) in [5.74, 6) is 0. The second-order valence-electron chi connectivity index (χ2n) is 9.66. The topological polar surface area (TPSA) is 0 Å². The molecule has 0 spiro atoms. The maximum absolute atomic E-state index is 2.47. The fraction of sp³-hybridized carbons (Fsp3) is 0.0588. The fourth-order valence-electron chi connectivity index (χ4n) is 6.03. The first kappa shape index (κ1) is 19.4. The number of hydrogen-bond donors (Lipinski definition) is 0. The summed E-state index contributed by atoms with van der Waals surface area (Å²) in [6.07, 6.45) is 4.68. The van der Waals surface area contributed by atoms with E-state index in [9.17, 15) is 0 Å². The molecule has 35 heavy (non-hydrogen) atoms. The van der Waals surface area contributed by atoms with Gasteiger partial charge in [-0.15, -0.1) is 11.3 Å². The van der Waals surface area contributed by atoms with Crippen LogP contribution in [-0.2, 0) is 6.42 Å². The molecule has 1 heterocycles. The molecule has 0 saturated carbocycles. The second-order valence-corrected chi connectivity index (χ2v) is 10.8. The van der Waals surface area contributed by atoms with Gasteiger partial charge in [0.15, 0.2) is 0 Å². The van der Waals surface area contributed by atoms with Gasteiger partial charge < -0.3 is 0 Å². The Hall–Kier alpha value is -3.94. The Kier molecular flexibility index (Phi) is 4.03. The molecule has 6 aromatic carbocycles. The summed E-state index contributed by atoms with van der Waals surface area (Å²) in [6, 6.07) is 38.3. The molecular weight excluding hydrogens is 440 g/mol. The molecule has 0 bridgehead atoms. The predicted octanol–water partition coefficient (Wildman–Crippen LogP) is 10.0. The molecule has 0 saturated heterocycles. The van der Waals surface area contributed by atoms with Crippen LogP contribution in [-0.4, -0.2) is 0 Å². The van der Waals surface area contributed by atoms with Gasteiger partial charge in [-0.25, -0.2) is 0 Å². The van der Waals surface area contributed by atoms with E-state index in [4.69, 9.17) is 0 Å². The zero-order valence-electron chi connectivity index (χ0n) is 19.2. The number of hydrogen-bond acceptors (Lipinski definition) is 1. The van der Waals surface area contributed by atoms with Crippen LogP contribution >= 0.6 is 11.3 Å². The van der Waals surface area contributed by atoms with Crippen LogP contribution in [0.2, 0.25) is 0 Å². The van der Waals surface area contributed by atoms with Crippen molar-refractivity contribution >= 4 is 76.2 Å². The molecule has 0 N–H and O–H groups in total. The Morgan fingerprint density at radius 1 is 0.486 bits per heavy atom. The van der Waals surface area contributed by atoms with Gasteiger partial charge in [0.2, 0.25) is 0 Å². The van der Waals surface area contributed by atoms with Crippen LogP contribution in [0.15, 0.2) is 103 Å². The molecule has 0 fully saturated rings. The quantitative estimate of drug-likeness (QED) is 0.213. The molecule has 7 aromatic rings. The standard InChI is InChI=1S/C34H22S/c1-2-8-22-20-34-32(18-21(22)7-1)31-19-24(14-16-33(31)35-34)23-13-15-29-27-11-4-3-9-25(27)26-10-5-6-12-28(26)30(29)17-23/h1-13,15,17-20H,14,16H2. The van der Waals surface area contributed by atoms with Gasteiger partial charge in [0.05, 0.1) is 0 Å². The van der Waals surface area contributed by atoms with Gasteiger partial charge in [0, 0.05) is 15.0 Å². The van der Waals surface area contributed by atoms with E-state index in [1.165, 1.54) is 74.8 Å². The number of thiophene rings is 1. The van der Waals surface area contributed by atoms with Crippen molar-refractivity contribution in [1.82, 2.24) is 0 Å². The van der Waals surface area contributed by atoms with Gasteiger partial charge in [-0.2, -0.15) is 0 Å². The van der Waals surface area contributed by atoms with Crippen LogP contribution in [0.1, 0.15) is 22.4 Å². The van der Waals surface area contributed by atoms with E-state index in [0.29, 0.717) is 0 Å². The van der Waals surface area contributed by atoms with Gasteiger partial charge in [0.1, 0.15) is 0 Å². The molecule has 0 nitrogen and oxygen atoms in total. The van der Waals surface area contributed by atoms with Crippen LogP contribution in [0.5, 0.6) is 0 Å². The highest BCUT2D eigenvalue weighted by Crippen LogP contribution is 2.43. The summed E-state index contributed by atoms with van der Waals surface area (Å²) in [6.45, 7) is 0. The van der Waals surface area contributed by atoms with Crippen molar-refractivity contribution in [2.45, 2.75) is 12.8 Å².